The van der Waals surface area contributed by atoms with Crippen LogP contribution in [0.4, 0.5) is 5.69 Å². The van der Waals surface area contributed by atoms with Gasteiger partial charge < -0.3 is 10.2 Å². The molecule has 1 aliphatic rings. The molecule has 1 atom stereocenters. The Morgan fingerprint density at radius 1 is 1.15 bits per heavy atom. The zero-order valence-electron chi connectivity index (χ0n) is 13.5. The Kier molecular flexibility index (Phi) is 4.37. The highest BCUT2D eigenvalue weighted by Crippen LogP contribution is 2.21. The molecule has 1 amide bonds. The first-order valence-electron chi connectivity index (χ1n) is 7.93. The molecule has 2 aromatic carbocycles. The van der Waals surface area contributed by atoms with Crippen LogP contribution in [0.2, 0.25) is 5.02 Å². The number of oxime groups is 1. The van der Waals surface area contributed by atoms with E-state index in [-0.39, 0.29) is 5.91 Å². The second kappa shape index (κ2) is 6.97. The summed E-state index contributed by atoms with van der Waals surface area (Å²) >= 11 is 5.89. The molecule has 0 fully saturated rings. The minimum Gasteiger partial charge on any atom is -0.382 e. The first kappa shape index (κ1) is 16.3. The van der Waals surface area contributed by atoms with Gasteiger partial charge in [0.15, 0.2) is 0 Å². The van der Waals surface area contributed by atoms with Crippen LogP contribution in [0.1, 0.15) is 12.0 Å². The summed E-state index contributed by atoms with van der Waals surface area (Å²) in [7, 11) is 0. The van der Waals surface area contributed by atoms with Gasteiger partial charge in [0.25, 0.3) is 5.91 Å². The second-order valence-corrected chi connectivity index (χ2v) is 6.19. The van der Waals surface area contributed by atoms with E-state index in [9.17, 15) is 4.79 Å². The minimum atomic E-state index is -0.667. The number of nitrogens with one attached hydrogen (secondary N) is 1. The summed E-state index contributed by atoms with van der Waals surface area (Å²) in [6.45, 7) is 0. The molecule has 0 radical (unpaired) electrons. The van der Waals surface area contributed by atoms with E-state index < -0.39 is 6.10 Å². The van der Waals surface area contributed by atoms with Crippen LogP contribution in [0.15, 0.2) is 66.3 Å². The molecular weight excluding hydrogens is 354 g/mol. The number of carbonyl (C=O) groups excluding carboxylic acids is 1. The summed E-state index contributed by atoms with van der Waals surface area (Å²) in [5.41, 5.74) is 3.11. The Morgan fingerprint density at radius 3 is 2.69 bits per heavy atom. The molecule has 0 unspecified atom stereocenters. The van der Waals surface area contributed by atoms with E-state index in [2.05, 4.69) is 20.7 Å². The molecule has 130 valence electrons. The number of rotatable bonds is 4. The Morgan fingerprint density at radius 2 is 1.92 bits per heavy atom. The molecule has 1 N–H and O–H groups in total. The van der Waals surface area contributed by atoms with Gasteiger partial charge in [-0.05, 0) is 35.9 Å². The summed E-state index contributed by atoms with van der Waals surface area (Å²) in [6.07, 6.45) is 2.92. The third kappa shape index (κ3) is 3.43. The van der Waals surface area contributed by atoms with Crippen LogP contribution < -0.4 is 5.32 Å². The van der Waals surface area contributed by atoms with E-state index in [4.69, 9.17) is 16.4 Å². The van der Waals surface area contributed by atoms with Crippen molar-refractivity contribution in [2.75, 3.05) is 5.32 Å². The lowest BCUT2D eigenvalue weighted by Gasteiger charge is -2.10. The Labute approximate surface area is 154 Å². The highest BCUT2D eigenvalue weighted by Gasteiger charge is 2.29. The summed E-state index contributed by atoms with van der Waals surface area (Å²) in [5, 5.41) is 15.1. The van der Waals surface area contributed by atoms with E-state index in [0.717, 1.165) is 17.0 Å². The molecule has 0 spiro atoms. The zero-order valence-corrected chi connectivity index (χ0v) is 14.3. The third-order valence-corrected chi connectivity index (χ3v) is 4.22. The van der Waals surface area contributed by atoms with Gasteiger partial charge in [0.1, 0.15) is 12.7 Å². The van der Waals surface area contributed by atoms with Crippen LogP contribution in [0.25, 0.3) is 5.69 Å². The van der Waals surface area contributed by atoms with Gasteiger partial charge in [0.05, 0.1) is 11.4 Å². The van der Waals surface area contributed by atoms with Crippen LogP contribution >= 0.6 is 11.6 Å². The average Bonchev–Trinajstić information content (AvgIpc) is 3.35. The fourth-order valence-corrected chi connectivity index (χ4v) is 2.76. The number of anilines is 1. The van der Waals surface area contributed by atoms with Crippen molar-refractivity contribution < 1.29 is 9.63 Å². The monoisotopic (exact) mass is 367 g/mol. The predicted molar refractivity (Wildman–Crippen MR) is 97.5 cm³/mol. The number of amides is 1. The van der Waals surface area contributed by atoms with E-state index in [0.29, 0.717) is 17.1 Å². The Balaban J connectivity index is 1.42. The number of halogens is 1. The molecule has 2 heterocycles. The Hall–Kier alpha value is -3.19. The maximum Gasteiger partial charge on any atom is 0.268 e. The van der Waals surface area contributed by atoms with Crippen LogP contribution in [-0.4, -0.2) is 32.5 Å². The van der Waals surface area contributed by atoms with Gasteiger partial charge in [-0.15, -0.1) is 10.2 Å². The molecule has 0 saturated carbocycles. The normalized spacial score (nSPS) is 16.0. The van der Waals surface area contributed by atoms with E-state index in [1.54, 1.807) is 29.4 Å². The molecule has 1 aliphatic heterocycles. The second-order valence-electron chi connectivity index (χ2n) is 5.75. The molecule has 3 aromatic rings. The van der Waals surface area contributed by atoms with Gasteiger partial charge in [-0.2, -0.15) is 0 Å². The van der Waals surface area contributed by atoms with Gasteiger partial charge in [0, 0.05) is 17.1 Å². The molecule has 26 heavy (non-hydrogen) atoms. The largest absolute Gasteiger partial charge is 0.382 e. The van der Waals surface area contributed by atoms with Crippen molar-refractivity contribution >= 4 is 28.9 Å². The van der Waals surface area contributed by atoms with Crippen LogP contribution in [0.5, 0.6) is 0 Å². The lowest BCUT2D eigenvalue weighted by molar-refractivity contribution is -0.125. The van der Waals surface area contributed by atoms with Gasteiger partial charge in [-0.1, -0.05) is 35.0 Å². The molecular formula is C18H14ClN5O2. The van der Waals surface area contributed by atoms with E-state index in [1.807, 2.05) is 36.4 Å². The lowest BCUT2D eigenvalue weighted by atomic mass is 10.0. The molecule has 0 bridgehead atoms. The van der Waals surface area contributed by atoms with E-state index in [1.165, 1.54) is 0 Å². The van der Waals surface area contributed by atoms with Crippen LogP contribution in [0.3, 0.4) is 0 Å². The summed E-state index contributed by atoms with van der Waals surface area (Å²) < 4.78 is 1.75. The van der Waals surface area contributed by atoms with Gasteiger partial charge in [0.2, 0.25) is 6.10 Å². The molecule has 8 heteroatoms. The molecule has 7 nitrogen and oxygen atoms in total. The topological polar surface area (TPSA) is 81.4 Å². The SMILES string of the molecule is O=C(Nc1cccc(-n2cnnc2)c1)[C@@H]1CC(c2ccc(Cl)cc2)=NO1. The number of hydrogen-bond acceptors (Lipinski definition) is 5. The van der Waals surface area contributed by atoms with Crippen LogP contribution in [-0.2, 0) is 9.63 Å². The van der Waals surface area contributed by atoms with Crippen LogP contribution in [0, 0.1) is 0 Å². The van der Waals surface area contributed by atoms with Gasteiger partial charge in [-0.25, -0.2) is 0 Å². The average molecular weight is 368 g/mol. The molecule has 0 aliphatic carbocycles. The molecule has 0 saturated heterocycles. The lowest BCUT2D eigenvalue weighted by Crippen LogP contribution is -2.28. The van der Waals surface area contributed by atoms with Gasteiger partial charge >= 0.3 is 0 Å². The predicted octanol–water partition coefficient (Wildman–Crippen LogP) is 3.05. The highest BCUT2D eigenvalue weighted by atomic mass is 35.5. The maximum atomic E-state index is 12.5. The number of aromatic nitrogens is 3. The van der Waals surface area contributed by atoms with E-state index >= 15 is 0 Å². The maximum absolute atomic E-state index is 12.5. The van der Waals surface area contributed by atoms with Crippen molar-refractivity contribution in [2.45, 2.75) is 12.5 Å². The van der Waals surface area contributed by atoms with Crippen molar-refractivity contribution in [3.05, 3.63) is 71.8 Å². The van der Waals surface area contributed by atoms with Crippen molar-refractivity contribution in [3.8, 4) is 5.69 Å². The quantitative estimate of drug-likeness (QED) is 0.768. The number of nitrogens with zero attached hydrogens (tertiary/aromatic N) is 4. The molecule has 4 rings (SSSR count). The first-order valence-corrected chi connectivity index (χ1v) is 8.31. The van der Waals surface area contributed by atoms with Crippen molar-refractivity contribution in [3.63, 3.8) is 0 Å². The number of carbonyl (C=O) groups is 1. The first-order chi connectivity index (χ1) is 12.7. The number of benzene rings is 2. The number of hydrogen-bond donors (Lipinski definition) is 1. The summed E-state index contributed by atoms with van der Waals surface area (Å²) in [6, 6.07) is 14.6. The summed E-state index contributed by atoms with van der Waals surface area (Å²) in [5.74, 6) is -0.251. The smallest absolute Gasteiger partial charge is 0.268 e. The van der Waals surface area contributed by atoms with Crippen molar-refractivity contribution in [1.82, 2.24) is 14.8 Å². The van der Waals surface area contributed by atoms with Crippen molar-refractivity contribution in [2.24, 2.45) is 5.16 Å². The third-order valence-electron chi connectivity index (χ3n) is 3.97. The highest BCUT2D eigenvalue weighted by molar-refractivity contribution is 6.30. The summed E-state index contributed by atoms with van der Waals surface area (Å²) in [4.78, 5) is 17.8. The zero-order chi connectivity index (χ0) is 17.9. The Bertz CT molecular complexity index is 954. The fraction of sp³-hybridized carbons (Fsp3) is 0.111. The van der Waals surface area contributed by atoms with Crippen molar-refractivity contribution in [1.29, 1.82) is 0 Å². The standard InChI is InChI=1S/C18H14ClN5O2/c19-13-6-4-12(5-7-13)16-9-17(26-23-16)18(25)22-14-2-1-3-15(8-14)24-10-20-21-11-24/h1-8,10-11,17H,9H2,(H,22,25)/t17-/m0/s1. The fourth-order valence-electron chi connectivity index (χ4n) is 2.63. The minimum absolute atomic E-state index is 0.251. The van der Waals surface area contributed by atoms with Gasteiger partial charge in [-0.3, -0.25) is 9.36 Å². The molecule has 1 aromatic heterocycles.